The summed E-state index contributed by atoms with van der Waals surface area (Å²) in [5.74, 6) is 0. The molecule has 0 saturated heterocycles. The molecule has 120 valence electrons. The van der Waals surface area contributed by atoms with Crippen LogP contribution in [0.1, 0.15) is 32.8 Å². The van der Waals surface area contributed by atoms with Crippen LogP contribution in [0.15, 0.2) is 29.2 Å². The summed E-state index contributed by atoms with van der Waals surface area (Å²) in [5, 5.41) is 3.71. The van der Waals surface area contributed by atoms with Gasteiger partial charge in [-0.3, -0.25) is 0 Å². The predicted octanol–water partition coefficient (Wildman–Crippen LogP) is 2.60. The molecule has 0 fully saturated rings. The molecular formula is C15H26N2O2S2. The van der Waals surface area contributed by atoms with Crippen molar-refractivity contribution in [1.82, 2.24) is 10.0 Å². The summed E-state index contributed by atoms with van der Waals surface area (Å²) < 4.78 is 27.5. The summed E-state index contributed by atoms with van der Waals surface area (Å²) in [6, 6.07) is 7.46. The molecular weight excluding hydrogens is 304 g/mol. The second-order valence-electron chi connectivity index (χ2n) is 5.38. The molecule has 0 amide bonds. The molecule has 1 unspecified atom stereocenters. The Morgan fingerprint density at radius 3 is 2.48 bits per heavy atom. The molecule has 0 bridgehead atoms. The van der Waals surface area contributed by atoms with E-state index in [1.165, 1.54) is 0 Å². The van der Waals surface area contributed by atoms with Crippen molar-refractivity contribution in [3.8, 4) is 0 Å². The quantitative estimate of drug-likeness (QED) is 0.731. The topological polar surface area (TPSA) is 58.2 Å². The SMILES string of the molecule is CSC(C)CCNS(=O)(=O)c1ccccc1CNC(C)C. The molecule has 4 nitrogen and oxygen atoms in total. The summed E-state index contributed by atoms with van der Waals surface area (Å²) in [7, 11) is -3.44. The normalized spacial score (nSPS) is 13.6. The van der Waals surface area contributed by atoms with E-state index < -0.39 is 10.0 Å². The zero-order valence-corrected chi connectivity index (χ0v) is 14.9. The Morgan fingerprint density at radius 1 is 1.19 bits per heavy atom. The second kappa shape index (κ2) is 8.78. The summed E-state index contributed by atoms with van der Waals surface area (Å²) >= 11 is 1.74. The Balaban J connectivity index is 2.78. The minimum absolute atomic E-state index is 0.316. The van der Waals surface area contributed by atoms with Gasteiger partial charge in [-0.2, -0.15) is 11.8 Å². The minimum atomic E-state index is -3.44. The highest BCUT2D eigenvalue weighted by atomic mass is 32.2. The Hall–Kier alpha value is -0.560. The van der Waals surface area contributed by atoms with Crippen LogP contribution in [0.25, 0.3) is 0 Å². The highest BCUT2D eigenvalue weighted by Crippen LogP contribution is 2.16. The summed E-state index contributed by atoms with van der Waals surface area (Å²) in [6.07, 6.45) is 2.86. The Labute approximate surface area is 133 Å². The maximum Gasteiger partial charge on any atom is 0.240 e. The molecule has 6 heteroatoms. The largest absolute Gasteiger partial charge is 0.310 e. The van der Waals surface area contributed by atoms with Crippen LogP contribution in [-0.4, -0.2) is 32.5 Å². The first-order valence-electron chi connectivity index (χ1n) is 7.20. The Kier molecular flexibility index (Phi) is 7.73. The highest BCUT2D eigenvalue weighted by Gasteiger charge is 2.17. The van der Waals surface area contributed by atoms with E-state index in [0.717, 1.165) is 12.0 Å². The van der Waals surface area contributed by atoms with Crippen molar-refractivity contribution in [2.45, 2.75) is 49.9 Å². The van der Waals surface area contributed by atoms with Crippen molar-refractivity contribution >= 4 is 21.8 Å². The van der Waals surface area contributed by atoms with E-state index in [9.17, 15) is 8.42 Å². The Bertz CT molecular complexity index is 530. The highest BCUT2D eigenvalue weighted by molar-refractivity contribution is 7.99. The Morgan fingerprint density at radius 2 is 1.86 bits per heavy atom. The fourth-order valence-electron chi connectivity index (χ4n) is 1.82. The maximum atomic E-state index is 12.4. The van der Waals surface area contributed by atoms with Crippen molar-refractivity contribution in [2.75, 3.05) is 12.8 Å². The zero-order valence-electron chi connectivity index (χ0n) is 13.2. The van der Waals surface area contributed by atoms with E-state index in [1.54, 1.807) is 23.9 Å². The first kappa shape index (κ1) is 18.5. The molecule has 1 rings (SSSR count). The lowest BCUT2D eigenvalue weighted by Crippen LogP contribution is -2.29. The first-order chi connectivity index (χ1) is 9.86. The van der Waals surface area contributed by atoms with Crippen LogP contribution in [0, 0.1) is 0 Å². The predicted molar refractivity (Wildman–Crippen MR) is 91.2 cm³/mol. The van der Waals surface area contributed by atoms with Crippen LogP contribution in [0.2, 0.25) is 0 Å². The van der Waals surface area contributed by atoms with Gasteiger partial charge in [0, 0.05) is 24.4 Å². The lowest BCUT2D eigenvalue weighted by molar-refractivity contribution is 0.566. The number of benzene rings is 1. The molecule has 2 N–H and O–H groups in total. The standard InChI is InChI=1S/C15H26N2O2S2/c1-12(2)16-11-14-7-5-6-8-15(14)21(18,19)17-10-9-13(3)20-4/h5-8,12-13,16-17H,9-11H2,1-4H3. The summed E-state index contributed by atoms with van der Waals surface area (Å²) in [5.41, 5.74) is 0.802. The third-order valence-electron chi connectivity index (χ3n) is 3.21. The summed E-state index contributed by atoms with van der Waals surface area (Å²) in [4.78, 5) is 0.370. The number of thioether (sulfide) groups is 1. The minimum Gasteiger partial charge on any atom is -0.310 e. The van der Waals surface area contributed by atoms with Crippen molar-refractivity contribution in [2.24, 2.45) is 0 Å². The van der Waals surface area contributed by atoms with Crippen molar-refractivity contribution in [1.29, 1.82) is 0 Å². The monoisotopic (exact) mass is 330 g/mol. The maximum absolute atomic E-state index is 12.4. The van der Waals surface area contributed by atoms with Gasteiger partial charge >= 0.3 is 0 Å². The molecule has 0 aromatic heterocycles. The number of nitrogens with one attached hydrogen (secondary N) is 2. The van der Waals surface area contributed by atoms with Gasteiger partial charge in [0.2, 0.25) is 10.0 Å². The van der Waals surface area contributed by atoms with E-state index in [-0.39, 0.29) is 0 Å². The van der Waals surface area contributed by atoms with Gasteiger partial charge in [0.1, 0.15) is 0 Å². The lowest BCUT2D eigenvalue weighted by atomic mass is 10.2. The lowest BCUT2D eigenvalue weighted by Gasteiger charge is -2.14. The average molecular weight is 331 g/mol. The van der Waals surface area contributed by atoms with Gasteiger partial charge in [0.15, 0.2) is 0 Å². The van der Waals surface area contributed by atoms with Crippen molar-refractivity contribution in [3.05, 3.63) is 29.8 Å². The van der Waals surface area contributed by atoms with Crippen molar-refractivity contribution in [3.63, 3.8) is 0 Å². The third-order valence-corrected chi connectivity index (χ3v) is 5.81. The molecule has 0 radical (unpaired) electrons. The second-order valence-corrected chi connectivity index (χ2v) is 8.39. The van der Waals surface area contributed by atoms with Crippen LogP contribution in [-0.2, 0) is 16.6 Å². The first-order valence-corrected chi connectivity index (χ1v) is 9.97. The van der Waals surface area contributed by atoms with Gasteiger partial charge in [-0.05, 0) is 24.3 Å². The van der Waals surface area contributed by atoms with E-state index >= 15 is 0 Å². The van der Waals surface area contributed by atoms with Crippen LogP contribution in [0.3, 0.4) is 0 Å². The average Bonchev–Trinajstić information content (AvgIpc) is 2.45. The van der Waals surface area contributed by atoms with E-state index in [2.05, 4.69) is 17.0 Å². The molecule has 1 aromatic carbocycles. The molecule has 1 aromatic rings. The van der Waals surface area contributed by atoms with Gasteiger partial charge in [0.05, 0.1) is 4.90 Å². The molecule has 0 saturated carbocycles. The number of hydrogen-bond acceptors (Lipinski definition) is 4. The van der Waals surface area contributed by atoms with E-state index in [4.69, 9.17) is 0 Å². The number of sulfonamides is 1. The fraction of sp³-hybridized carbons (Fsp3) is 0.600. The van der Waals surface area contributed by atoms with Gasteiger partial charge in [-0.15, -0.1) is 0 Å². The van der Waals surface area contributed by atoms with E-state index in [1.807, 2.05) is 32.2 Å². The number of rotatable bonds is 9. The summed E-state index contributed by atoms with van der Waals surface area (Å²) in [6.45, 7) is 7.20. The smallest absolute Gasteiger partial charge is 0.240 e. The van der Waals surface area contributed by atoms with Gasteiger partial charge < -0.3 is 5.32 Å². The molecule has 0 aliphatic carbocycles. The van der Waals surface area contributed by atoms with Crippen LogP contribution in [0.5, 0.6) is 0 Å². The van der Waals surface area contributed by atoms with Crippen LogP contribution in [0.4, 0.5) is 0 Å². The fourth-order valence-corrected chi connectivity index (χ4v) is 3.46. The molecule has 0 aliphatic rings. The van der Waals surface area contributed by atoms with Gasteiger partial charge in [0.25, 0.3) is 0 Å². The molecule has 0 aliphatic heterocycles. The molecule has 21 heavy (non-hydrogen) atoms. The van der Waals surface area contributed by atoms with Gasteiger partial charge in [-0.1, -0.05) is 39.0 Å². The zero-order chi connectivity index (χ0) is 15.9. The van der Waals surface area contributed by atoms with Gasteiger partial charge in [-0.25, -0.2) is 13.1 Å². The third kappa shape index (κ3) is 6.38. The molecule has 0 heterocycles. The van der Waals surface area contributed by atoms with E-state index in [0.29, 0.717) is 29.3 Å². The van der Waals surface area contributed by atoms with Crippen LogP contribution >= 0.6 is 11.8 Å². The molecule has 0 spiro atoms. The number of hydrogen-bond donors (Lipinski definition) is 2. The molecule has 1 atom stereocenters. The van der Waals surface area contributed by atoms with Crippen LogP contribution < -0.4 is 10.0 Å². The van der Waals surface area contributed by atoms with Crippen molar-refractivity contribution < 1.29 is 8.42 Å².